The van der Waals surface area contributed by atoms with Crippen LogP contribution in [0.4, 0.5) is 30.2 Å². The molecule has 6 heterocycles. The molecule has 0 amide bonds. The number of nitrogens with zero attached hydrogens (tertiary/aromatic N) is 3. The highest BCUT2D eigenvalue weighted by molar-refractivity contribution is 5.57. The molecule has 75 heavy (non-hydrogen) atoms. The van der Waals surface area contributed by atoms with Gasteiger partial charge in [0.25, 0.3) is 0 Å². The van der Waals surface area contributed by atoms with Crippen molar-refractivity contribution in [3.05, 3.63) is 229 Å². The van der Waals surface area contributed by atoms with Gasteiger partial charge in [-0.1, -0.05) is 91.0 Å². The molecule has 12 nitrogen and oxygen atoms in total. The van der Waals surface area contributed by atoms with Crippen LogP contribution in [-0.4, -0.2) is 58.5 Å². The second-order valence-corrected chi connectivity index (χ2v) is 18.9. The van der Waals surface area contributed by atoms with E-state index in [2.05, 4.69) is 14.5 Å². The monoisotopic (exact) mass is 1020 g/mol. The summed E-state index contributed by atoms with van der Waals surface area (Å²) in [7, 11) is 0. The number of hydrogen-bond donors (Lipinski definition) is 0. The number of fused-ring (bicyclic) bond motifs is 3. The molecule has 0 bridgehead atoms. The van der Waals surface area contributed by atoms with E-state index in [0.717, 1.165) is 50.1 Å². The van der Waals surface area contributed by atoms with Crippen LogP contribution in [0, 0.1) is 37.2 Å². The third-order valence-corrected chi connectivity index (χ3v) is 14.6. The summed E-state index contributed by atoms with van der Waals surface area (Å²) < 4.78 is 92.4. The Labute approximate surface area is 434 Å². The summed E-state index contributed by atoms with van der Waals surface area (Å²) in [5, 5.41) is 0. The first-order valence-corrected chi connectivity index (χ1v) is 25.1. The first-order valence-electron chi connectivity index (χ1n) is 25.1. The van der Waals surface area contributed by atoms with Gasteiger partial charge in [-0.3, -0.25) is 0 Å². The van der Waals surface area contributed by atoms with Gasteiger partial charge in [0.2, 0.25) is 0 Å². The fourth-order valence-electron chi connectivity index (χ4n) is 10.9. The Morgan fingerprint density at radius 1 is 0.373 bits per heavy atom. The molecule has 6 aromatic carbocycles. The van der Waals surface area contributed by atoms with Gasteiger partial charge < -0.3 is 42.6 Å². The van der Waals surface area contributed by atoms with Gasteiger partial charge in [-0.05, 0) is 106 Å². The lowest BCUT2D eigenvalue weighted by molar-refractivity contribution is -0.0738. The summed E-state index contributed by atoms with van der Waals surface area (Å²) in [5.41, 5.74) is 8.61. The van der Waals surface area contributed by atoms with E-state index in [1.165, 1.54) is 36.4 Å². The van der Waals surface area contributed by atoms with E-state index in [1.54, 1.807) is 54.6 Å². The average molecular weight is 1020 g/mol. The van der Waals surface area contributed by atoms with Crippen LogP contribution in [-0.2, 0) is 79.3 Å². The van der Waals surface area contributed by atoms with Gasteiger partial charge in [0.1, 0.15) is 34.3 Å². The fraction of sp³-hybridized carbons (Fsp3) is 0.350. The molecular formula is C60H54F3N3O9. The fourth-order valence-corrected chi connectivity index (χ4v) is 10.9. The summed E-state index contributed by atoms with van der Waals surface area (Å²) >= 11 is 0. The van der Waals surface area contributed by atoms with Crippen molar-refractivity contribution in [2.45, 2.75) is 94.0 Å². The molecule has 3 atom stereocenters. The molecule has 12 rings (SSSR count). The van der Waals surface area contributed by atoms with Crippen molar-refractivity contribution in [3.63, 3.8) is 0 Å². The minimum absolute atomic E-state index is 0.229. The van der Waals surface area contributed by atoms with Crippen molar-refractivity contribution in [3.8, 4) is 0 Å². The van der Waals surface area contributed by atoms with Gasteiger partial charge in [-0.15, -0.1) is 0 Å². The summed E-state index contributed by atoms with van der Waals surface area (Å²) in [6, 6.07) is 36.2. The van der Waals surface area contributed by atoms with Gasteiger partial charge in [-0.25, -0.2) is 27.7 Å². The molecule has 6 aromatic rings. The van der Waals surface area contributed by atoms with Crippen molar-refractivity contribution in [1.29, 1.82) is 0 Å². The third kappa shape index (κ3) is 11.0. The summed E-state index contributed by atoms with van der Waals surface area (Å²) in [5.74, 6) is -0.825. The van der Waals surface area contributed by atoms with Gasteiger partial charge in [0, 0.05) is 19.3 Å². The Morgan fingerprint density at radius 3 is 0.867 bits per heavy atom. The highest BCUT2D eigenvalue weighted by Crippen LogP contribution is 2.50. The van der Waals surface area contributed by atoms with Crippen LogP contribution >= 0.6 is 0 Å². The van der Waals surface area contributed by atoms with Crippen molar-refractivity contribution in [1.82, 2.24) is 0 Å². The number of halogens is 3. The highest BCUT2D eigenvalue weighted by Gasteiger charge is 2.45. The first kappa shape index (κ1) is 51.7. The van der Waals surface area contributed by atoms with Crippen LogP contribution in [0.3, 0.4) is 0 Å². The quantitative estimate of drug-likeness (QED) is 0.111. The lowest BCUT2D eigenvalue weighted by Gasteiger charge is -2.31. The van der Waals surface area contributed by atoms with E-state index in [0.29, 0.717) is 115 Å². The van der Waals surface area contributed by atoms with E-state index < -0.39 is 16.8 Å². The topological polar surface area (TPSA) is 96.2 Å². The van der Waals surface area contributed by atoms with E-state index in [9.17, 15) is 13.2 Å². The maximum absolute atomic E-state index is 13.4. The van der Waals surface area contributed by atoms with Gasteiger partial charge in [0.15, 0.2) is 35.9 Å². The molecule has 0 aromatic heterocycles. The normalized spacial score (nSPS) is 22.7. The zero-order valence-electron chi connectivity index (χ0n) is 41.1. The number of ether oxygens (including phenoxy) is 9. The summed E-state index contributed by atoms with van der Waals surface area (Å²) in [4.78, 5) is 10.5. The zero-order chi connectivity index (χ0) is 51.8. The minimum Gasteiger partial charge on any atom is -0.361 e. The van der Waals surface area contributed by atoms with Crippen LogP contribution in [0.15, 0.2) is 127 Å². The number of benzene rings is 6. The maximum atomic E-state index is 13.4. The molecule has 3 fully saturated rings. The Bertz CT molecular complexity index is 2760. The Balaban J connectivity index is 0.000000128. The molecule has 0 radical (unpaired) electrons. The summed E-state index contributed by atoms with van der Waals surface area (Å²) in [6.45, 7) is 26.6. The molecule has 1 unspecified atom stereocenters. The van der Waals surface area contributed by atoms with Crippen LogP contribution < -0.4 is 0 Å². The predicted octanol–water partition coefficient (Wildman–Crippen LogP) is 12.9. The SMILES string of the molecule is [C-]#[N+]c1ccc2c(c1)COC2(CCC1OCCO1)c1ccc(F)cc1.[C-]#[N+]c1ccc2c(c1)CO[C@@]2(CCC1OCCO1)c1ccc(F)cc1.[C-]#[N+]c1ccc2c(c1)CO[C@]2(CCC1OCCO1)c1ccc(F)cc1. The van der Waals surface area contributed by atoms with Crippen molar-refractivity contribution in [2.75, 3.05) is 39.6 Å². The van der Waals surface area contributed by atoms with E-state index in [-0.39, 0.29) is 36.3 Å². The van der Waals surface area contributed by atoms with Gasteiger partial charge in [0.05, 0.1) is 79.2 Å². The van der Waals surface area contributed by atoms with E-state index in [1.807, 2.05) is 36.4 Å². The highest BCUT2D eigenvalue weighted by atomic mass is 19.1. The lowest BCUT2D eigenvalue weighted by Crippen LogP contribution is -2.29. The second-order valence-electron chi connectivity index (χ2n) is 18.9. The first-order chi connectivity index (χ1) is 36.6. The summed E-state index contributed by atoms with van der Waals surface area (Å²) in [6.07, 6.45) is 3.34. The molecular weight excluding hydrogens is 964 g/mol. The number of hydrogen-bond acceptors (Lipinski definition) is 9. The maximum Gasteiger partial charge on any atom is 0.187 e. The zero-order valence-corrected chi connectivity index (χ0v) is 41.1. The predicted molar refractivity (Wildman–Crippen MR) is 269 cm³/mol. The minimum atomic E-state index is -0.668. The third-order valence-electron chi connectivity index (χ3n) is 14.6. The van der Waals surface area contributed by atoms with Gasteiger partial charge >= 0.3 is 0 Å². The molecule has 15 heteroatoms. The molecule has 384 valence electrons. The molecule has 0 N–H and O–H groups in total. The van der Waals surface area contributed by atoms with Crippen molar-refractivity contribution < 1.29 is 55.8 Å². The molecule has 0 saturated carbocycles. The van der Waals surface area contributed by atoms with Crippen LogP contribution in [0.2, 0.25) is 0 Å². The number of rotatable bonds is 12. The second kappa shape index (κ2) is 23.0. The van der Waals surface area contributed by atoms with Gasteiger partial charge in [-0.2, -0.15) is 0 Å². The molecule has 6 aliphatic heterocycles. The van der Waals surface area contributed by atoms with Crippen molar-refractivity contribution in [2.24, 2.45) is 0 Å². The molecule has 0 spiro atoms. The average Bonchev–Trinajstić information content (AvgIpc) is 4.34. The van der Waals surface area contributed by atoms with E-state index in [4.69, 9.17) is 62.3 Å². The molecule has 6 aliphatic rings. The Hall–Kier alpha value is -6.78. The van der Waals surface area contributed by atoms with Crippen molar-refractivity contribution >= 4 is 17.1 Å². The van der Waals surface area contributed by atoms with Crippen LogP contribution in [0.1, 0.15) is 88.6 Å². The smallest absolute Gasteiger partial charge is 0.187 e. The van der Waals surface area contributed by atoms with Crippen LogP contribution in [0.25, 0.3) is 14.5 Å². The largest absolute Gasteiger partial charge is 0.361 e. The Morgan fingerprint density at radius 2 is 0.627 bits per heavy atom. The standard InChI is InChI=1S/3C20H18FNO3/c3*1-22-17-6-7-18-14(12-17)13-25-20(18,9-8-19-23-10-11-24-19)15-2-4-16(21)5-3-15/h3*2-7,12,19H,8-11,13H2/t2*20-;/m10./s1. The van der Waals surface area contributed by atoms with E-state index >= 15 is 0 Å². The lowest BCUT2D eigenvalue weighted by atomic mass is 9.82. The van der Waals surface area contributed by atoms with Crippen LogP contribution in [0.5, 0.6) is 0 Å². The Kier molecular flexibility index (Phi) is 15.8. The molecule has 0 aliphatic carbocycles. The molecule has 3 saturated heterocycles.